The van der Waals surface area contributed by atoms with Crippen LogP contribution in [0.2, 0.25) is 5.02 Å². The first-order chi connectivity index (χ1) is 14.1. The summed E-state index contributed by atoms with van der Waals surface area (Å²) in [5, 5.41) is 0.724. The number of hydrogen-bond donors (Lipinski definition) is 0. The van der Waals surface area contributed by atoms with Crippen LogP contribution >= 0.6 is 11.6 Å². The van der Waals surface area contributed by atoms with Gasteiger partial charge in [0.1, 0.15) is 5.69 Å². The molecular weight excluding hydrogens is 384 g/mol. The minimum Gasteiger partial charge on any atom is -0.368 e. The number of piperazine rings is 1. The summed E-state index contributed by atoms with van der Waals surface area (Å²) in [5.74, 6) is 0. The van der Waals surface area contributed by atoms with Crippen molar-refractivity contribution in [3.8, 4) is 11.1 Å². The zero-order valence-electron chi connectivity index (χ0n) is 16.3. The monoisotopic (exact) mass is 406 g/mol. The Balaban J connectivity index is 1.39. The normalized spacial score (nSPS) is 16.9. The molecule has 0 unspecified atom stereocenters. The lowest BCUT2D eigenvalue weighted by molar-refractivity contribution is 0.651. The average molecular weight is 407 g/mol. The van der Waals surface area contributed by atoms with Crippen LogP contribution in [0.4, 0.5) is 11.4 Å². The van der Waals surface area contributed by atoms with Crippen molar-refractivity contribution in [1.82, 2.24) is 0 Å². The van der Waals surface area contributed by atoms with E-state index in [0.29, 0.717) is 11.3 Å². The highest BCUT2D eigenvalue weighted by atomic mass is 35.5. The lowest BCUT2D eigenvalue weighted by Gasteiger charge is -2.38. The van der Waals surface area contributed by atoms with Crippen molar-refractivity contribution in [2.75, 3.05) is 36.0 Å². The maximum Gasteiger partial charge on any atom is 0.250 e. The van der Waals surface area contributed by atoms with Crippen molar-refractivity contribution in [2.45, 2.75) is 25.7 Å². The highest BCUT2D eigenvalue weighted by Crippen LogP contribution is 2.32. The summed E-state index contributed by atoms with van der Waals surface area (Å²) in [5.41, 5.74) is 5.26. The number of aryl methyl sites for hydroxylation is 2. The van der Waals surface area contributed by atoms with Gasteiger partial charge in [-0.05, 0) is 60.6 Å². The van der Waals surface area contributed by atoms with Gasteiger partial charge in [-0.3, -0.25) is 9.59 Å². The zero-order chi connectivity index (χ0) is 20.0. The Kier molecular flexibility index (Phi) is 4.67. The second kappa shape index (κ2) is 7.34. The molecule has 5 rings (SSSR count). The van der Waals surface area contributed by atoms with Crippen LogP contribution in [-0.4, -0.2) is 26.2 Å². The summed E-state index contributed by atoms with van der Waals surface area (Å²) < 4.78 is 0. The van der Waals surface area contributed by atoms with E-state index >= 15 is 0 Å². The number of halogens is 1. The van der Waals surface area contributed by atoms with E-state index in [9.17, 15) is 9.59 Å². The Bertz CT molecular complexity index is 1140. The van der Waals surface area contributed by atoms with Crippen molar-refractivity contribution in [3.05, 3.63) is 79.1 Å². The lowest BCUT2D eigenvalue weighted by Crippen LogP contribution is -2.51. The molecule has 0 bridgehead atoms. The second-order valence-electron chi connectivity index (χ2n) is 8.03. The molecule has 1 fully saturated rings. The van der Waals surface area contributed by atoms with Crippen LogP contribution in [0.25, 0.3) is 11.1 Å². The standard InChI is InChI=1S/C24H23ClN2O2/c25-19-6-3-7-20(15-19)26-10-12-27(13-11-26)22-21(23(28)24(22)29)18-9-8-16-4-1-2-5-17(16)14-18/h3,6-9,14-15H,1-2,4-5,10-13H2. The van der Waals surface area contributed by atoms with Gasteiger partial charge in [-0.2, -0.15) is 0 Å². The molecule has 1 aliphatic carbocycles. The van der Waals surface area contributed by atoms with Gasteiger partial charge in [0.2, 0.25) is 10.9 Å². The van der Waals surface area contributed by atoms with E-state index in [0.717, 1.165) is 55.3 Å². The van der Waals surface area contributed by atoms with Crippen LogP contribution in [0, 0.1) is 0 Å². The molecule has 5 heteroatoms. The van der Waals surface area contributed by atoms with E-state index in [1.54, 1.807) is 0 Å². The molecule has 0 radical (unpaired) electrons. The van der Waals surface area contributed by atoms with Crippen LogP contribution in [0.1, 0.15) is 24.0 Å². The Morgan fingerprint density at radius 2 is 1.48 bits per heavy atom. The second-order valence-corrected chi connectivity index (χ2v) is 8.46. The quantitative estimate of drug-likeness (QED) is 0.620. The van der Waals surface area contributed by atoms with Gasteiger partial charge in [-0.15, -0.1) is 0 Å². The zero-order valence-corrected chi connectivity index (χ0v) is 17.0. The summed E-state index contributed by atoms with van der Waals surface area (Å²) >= 11 is 6.12. The van der Waals surface area contributed by atoms with Gasteiger partial charge in [0, 0.05) is 36.9 Å². The fourth-order valence-electron chi connectivity index (χ4n) is 4.70. The summed E-state index contributed by atoms with van der Waals surface area (Å²) in [4.78, 5) is 29.2. The fourth-order valence-corrected chi connectivity index (χ4v) is 4.88. The number of hydrogen-bond acceptors (Lipinski definition) is 4. The van der Waals surface area contributed by atoms with Gasteiger partial charge >= 0.3 is 0 Å². The van der Waals surface area contributed by atoms with Gasteiger partial charge in [0.05, 0.1) is 5.56 Å². The van der Waals surface area contributed by atoms with Gasteiger partial charge in [-0.1, -0.05) is 35.9 Å². The molecule has 3 aromatic rings. The number of nitrogens with zero attached hydrogens (tertiary/aromatic N) is 2. The van der Waals surface area contributed by atoms with E-state index in [1.807, 2.05) is 24.3 Å². The molecule has 3 aromatic carbocycles. The molecule has 2 aliphatic rings. The molecule has 29 heavy (non-hydrogen) atoms. The van der Waals surface area contributed by atoms with Gasteiger partial charge < -0.3 is 9.80 Å². The summed E-state index contributed by atoms with van der Waals surface area (Å²) in [7, 11) is 0. The van der Waals surface area contributed by atoms with E-state index in [4.69, 9.17) is 11.6 Å². The Hall–Kier alpha value is -2.59. The first-order valence-corrected chi connectivity index (χ1v) is 10.7. The predicted octanol–water partition coefficient (Wildman–Crippen LogP) is 3.81. The maximum atomic E-state index is 12.4. The number of anilines is 2. The highest BCUT2D eigenvalue weighted by Gasteiger charge is 2.29. The van der Waals surface area contributed by atoms with Crippen LogP contribution < -0.4 is 20.7 Å². The molecular formula is C24H23ClN2O2. The summed E-state index contributed by atoms with van der Waals surface area (Å²) in [6, 6.07) is 14.1. The predicted molar refractivity (Wildman–Crippen MR) is 119 cm³/mol. The fraction of sp³-hybridized carbons (Fsp3) is 0.333. The van der Waals surface area contributed by atoms with E-state index < -0.39 is 0 Å². The highest BCUT2D eigenvalue weighted by molar-refractivity contribution is 6.30. The van der Waals surface area contributed by atoms with Crippen LogP contribution in [0.5, 0.6) is 0 Å². The van der Waals surface area contributed by atoms with Crippen molar-refractivity contribution in [3.63, 3.8) is 0 Å². The molecule has 1 aliphatic heterocycles. The first-order valence-electron chi connectivity index (χ1n) is 10.3. The molecule has 0 amide bonds. The summed E-state index contributed by atoms with van der Waals surface area (Å²) in [6.07, 6.45) is 4.60. The Morgan fingerprint density at radius 1 is 0.759 bits per heavy atom. The molecule has 1 saturated heterocycles. The van der Waals surface area contributed by atoms with Crippen molar-refractivity contribution >= 4 is 23.0 Å². The van der Waals surface area contributed by atoms with Crippen LogP contribution in [0.15, 0.2) is 52.1 Å². The van der Waals surface area contributed by atoms with E-state index in [2.05, 4.69) is 28.0 Å². The molecule has 0 spiro atoms. The molecule has 148 valence electrons. The molecule has 0 saturated carbocycles. The van der Waals surface area contributed by atoms with Gasteiger partial charge in [-0.25, -0.2) is 0 Å². The Morgan fingerprint density at radius 3 is 2.24 bits per heavy atom. The molecule has 0 atom stereocenters. The molecule has 1 heterocycles. The molecule has 0 aromatic heterocycles. The minimum absolute atomic E-state index is 0.339. The molecule has 4 nitrogen and oxygen atoms in total. The third-order valence-corrected chi connectivity index (χ3v) is 6.53. The average Bonchev–Trinajstić information content (AvgIpc) is 2.76. The largest absolute Gasteiger partial charge is 0.368 e. The first kappa shape index (κ1) is 18.4. The van der Waals surface area contributed by atoms with Gasteiger partial charge in [0.25, 0.3) is 0 Å². The third kappa shape index (κ3) is 3.25. The summed E-state index contributed by atoms with van der Waals surface area (Å²) in [6.45, 7) is 3.02. The maximum absolute atomic E-state index is 12.4. The Labute approximate surface area is 175 Å². The van der Waals surface area contributed by atoms with Crippen molar-refractivity contribution in [2.24, 2.45) is 0 Å². The smallest absolute Gasteiger partial charge is 0.250 e. The van der Waals surface area contributed by atoms with E-state index in [-0.39, 0.29) is 10.9 Å². The topological polar surface area (TPSA) is 40.6 Å². The number of fused-ring (bicyclic) bond motifs is 1. The SMILES string of the molecule is O=c1c(-c2ccc3c(c2)CCCC3)c(N2CCN(c3cccc(Cl)c3)CC2)c1=O. The van der Waals surface area contributed by atoms with Crippen LogP contribution in [0.3, 0.4) is 0 Å². The number of rotatable bonds is 3. The van der Waals surface area contributed by atoms with Crippen molar-refractivity contribution in [1.29, 1.82) is 0 Å². The van der Waals surface area contributed by atoms with Gasteiger partial charge in [0.15, 0.2) is 0 Å². The number of benzene rings is 2. The van der Waals surface area contributed by atoms with Crippen LogP contribution in [-0.2, 0) is 12.8 Å². The van der Waals surface area contributed by atoms with Crippen molar-refractivity contribution < 1.29 is 0 Å². The molecule has 0 N–H and O–H groups in total. The van der Waals surface area contributed by atoms with E-state index in [1.165, 1.54) is 24.0 Å². The lowest BCUT2D eigenvalue weighted by atomic mass is 9.87. The minimum atomic E-state index is -0.340. The third-order valence-electron chi connectivity index (χ3n) is 6.29.